The van der Waals surface area contributed by atoms with Gasteiger partial charge in [-0.1, -0.05) is 78.9 Å². The third-order valence-corrected chi connectivity index (χ3v) is 7.62. The number of benzene rings is 4. The lowest BCUT2D eigenvalue weighted by Gasteiger charge is -2.10. The van der Waals surface area contributed by atoms with Gasteiger partial charge >= 0.3 is 0 Å². The summed E-state index contributed by atoms with van der Waals surface area (Å²) in [5.74, 6) is 0.627. The third-order valence-electron chi connectivity index (χ3n) is 7.62. The number of fused-ring (bicyclic) bond motifs is 3. The van der Waals surface area contributed by atoms with Gasteiger partial charge in [0.15, 0.2) is 0 Å². The largest absolute Gasteiger partial charge is 0.276 e. The Morgan fingerprint density at radius 2 is 1.31 bits per heavy atom. The molecule has 0 bridgehead atoms. The average molecular weight is 544 g/mol. The van der Waals surface area contributed by atoms with E-state index in [4.69, 9.17) is 20.2 Å². The molecule has 8 aromatic rings. The van der Waals surface area contributed by atoms with Gasteiger partial charge in [-0.2, -0.15) is 10.2 Å². The van der Waals surface area contributed by atoms with Crippen molar-refractivity contribution in [2.24, 2.45) is 0 Å². The molecular formula is C35H25N7. The molecule has 42 heavy (non-hydrogen) atoms. The Bertz CT molecular complexity index is 2190. The van der Waals surface area contributed by atoms with Crippen LogP contribution in [0.1, 0.15) is 5.69 Å². The molecule has 7 heteroatoms. The summed E-state index contributed by atoms with van der Waals surface area (Å²) in [6.45, 7) is 2.10. The molecule has 0 saturated heterocycles. The van der Waals surface area contributed by atoms with E-state index in [-0.39, 0.29) is 0 Å². The fraction of sp³-hybridized carbons (Fsp3) is 0.0286. The van der Waals surface area contributed by atoms with Gasteiger partial charge in [-0.3, -0.25) is 4.40 Å². The standard InChI is InChI=1S/C35H25N7/c1-24-28(22-36-42(24)27-17-9-4-10-18-27)33-21-31(38-35-37-30-19-11-12-20-32(30)41(33)35)29-23-40(26-15-7-3-8-16-26)39-34(29)25-13-5-2-6-14-25/h2-23H,1H3. The Labute approximate surface area is 242 Å². The van der Waals surface area contributed by atoms with Crippen LogP contribution in [0.4, 0.5) is 0 Å². The normalized spacial score (nSPS) is 11.5. The molecular weight excluding hydrogens is 518 g/mol. The fourth-order valence-corrected chi connectivity index (χ4v) is 5.57. The van der Waals surface area contributed by atoms with Crippen molar-refractivity contribution in [3.63, 3.8) is 0 Å². The van der Waals surface area contributed by atoms with Crippen molar-refractivity contribution in [3.05, 3.63) is 139 Å². The summed E-state index contributed by atoms with van der Waals surface area (Å²) in [7, 11) is 0. The Morgan fingerprint density at radius 1 is 0.643 bits per heavy atom. The summed E-state index contributed by atoms with van der Waals surface area (Å²) < 4.78 is 6.02. The minimum absolute atomic E-state index is 0.627. The molecule has 4 aromatic carbocycles. The van der Waals surface area contributed by atoms with E-state index in [2.05, 4.69) is 66.1 Å². The average Bonchev–Trinajstić information content (AvgIpc) is 3.77. The molecule has 0 spiro atoms. The highest BCUT2D eigenvalue weighted by molar-refractivity contribution is 5.87. The van der Waals surface area contributed by atoms with Crippen LogP contribution in [0.3, 0.4) is 0 Å². The number of rotatable bonds is 5. The zero-order valence-corrected chi connectivity index (χ0v) is 22.8. The zero-order valence-electron chi connectivity index (χ0n) is 22.8. The zero-order chi connectivity index (χ0) is 28.0. The van der Waals surface area contributed by atoms with E-state index in [1.807, 2.05) is 88.4 Å². The lowest BCUT2D eigenvalue weighted by atomic mass is 10.0. The molecule has 0 unspecified atom stereocenters. The molecule has 0 amide bonds. The number of aromatic nitrogens is 7. The van der Waals surface area contributed by atoms with Gasteiger partial charge in [0.05, 0.1) is 45.7 Å². The maximum Gasteiger partial charge on any atom is 0.235 e. The van der Waals surface area contributed by atoms with Gasteiger partial charge in [-0.15, -0.1) is 0 Å². The number of nitrogens with zero attached hydrogens (tertiary/aromatic N) is 7. The van der Waals surface area contributed by atoms with Crippen molar-refractivity contribution >= 4 is 16.8 Å². The highest BCUT2D eigenvalue weighted by atomic mass is 15.3. The Hall–Kier alpha value is -5.82. The third kappa shape index (κ3) is 3.90. The molecule has 0 aliphatic carbocycles. The molecule has 0 aliphatic heterocycles. The Kier molecular flexibility index (Phi) is 5.53. The molecule has 0 radical (unpaired) electrons. The lowest BCUT2D eigenvalue weighted by Crippen LogP contribution is -2.01. The van der Waals surface area contributed by atoms with Crippen LogP contribution in [0, 0.1) is 6.92 Å². The maximum absolute atomic E-state index is 5.13. The van der Waals surface area contributed by atoms with Gasteiger partial charge in [0.1, 0.15) is 5.69 Å². The highest BCUT2D eigenvalue weighted by Gasteiger charge is 2.21. The molecule has 8 rings (SSSR count). The predicted octanol–water partition coefficient (Wildman–Crippen LogP) is 7.56. The fourth-order valence-electron chi connectivity index (χ4n) is 5.57. The van der Waals surface area contributed by atoms with E-state index in [1.54, 1.807) is 0 Å². The van der Waals surface area contributed by atoms with Crippen LogP contribution in [0.25, 0.3) is 62.0 Å². The second-order valence-corrected chi connectivity index (χ2v) is 10.2. The Morgan fingerprint density at radius 3 is 2.07 bits per heavy atom. The number of para-hydroxylation sites is 4. The summed E-state index contributed by atoms with van der Waals surface area (Å²) in [6.07, 6.45) is 3.99. The molecule has 0 saturated carbocycles. The van der Waals surface area contributed by atoms with Crippen molar-refractivity contribution in [3.8, 4) is 45.1 Å². The molecule has 4 aromatic heterocycles. The van der Waals surface area contributed by atoms with E-state index in [1.165, 1.54) is 0 Å². The minimum Gasteiger partial charge on any atom is -0.276 e. The van der Waals surface area contributed by atoms with E-state index in [0.29, 0.717) is 5.78 Å². The first kappa shape index (κ1) is 24.0. The van der Waals surface area contributed by atoms with Crippen molar-refractivity contribution in [2.45, 2.75) is 6.92 Å². The van der Waals surface area contributed by atoms with Crippen molar-refractivity contribution < 1.29 is 0 Å². The quantitative estimate of drug-likeness (QED) is 0.225. The van der Waals surface area contributed by atoms with Gasteiger partial charge in [-0.05, 0) is 49.4 Å². The first-order valence-corrected chi connectivity index (χ1v) is 13.8. The maximum atomic E-state index is 5.13. The second kappa shape index (κ2) is 9.67. The first-order chi connectivity index (χ1) is 20.7. The van der Waals surface area contributed by atoms with Gasteiger partial charge in [-0.25, -0.2) is 19.3 Å². The van der Waals surface area contributed by atoms with Crippen LogP contribution in [0.5, 0.6) is 0 Å². The summed E-state index contributed by atoms with van der Waals surface area (Å²) in [5.41, 5.74) is 10.5. The Balaban J connectivity index is 1.41. The smallest absolute Gasteiger partial charge is 0.235 e. The topological polar surface area (TPSA) is 65.8 Å². The van der Waals surface area contributed by atoms with Gasteiger partial charge in [0, 0.05) is 22.9 Å². The van der Waals surface area contributed by atoms with Crippen molar-refractivity contribution in [1.82, 2.24) is 33.9 Å². The van der Waals surface area contributed by atoms with Crippen LogP contribution in [0.15, 0.2) is 134 Å². The van der Waals surface area contributed by atoms with Crippen LogP contribution in [-0.2, 0) is 0 Å². The monoisotopic (exact) mass is 543 g/mol. The molecule has 0 aliphatic rings. The van der Waals surface area contributed by atoms with Crippen molar-refractivity contribution in [2.75, 3.05) is 0 Å². The molecule has 200 valence electrons. The minimum atomic E-state index is 0.627. The molecule has 0 N–H and O–H groups in total. The summed E-state index contributed by atoms with van der Waals surface area (Å²) in [6, 6.07) is 40.9. The second-order valence-electron chi connectivity index (χ2n) is 10.2. The molecule has 0 fully saturated rings. The molecule has 7 nitrogen and oxygen atoms in total. The molecule has 0 atom stereocenters. The van der Waals surface area contributed by atoms with E-state index in [0.717, 1.165) is 61.9 Å². The van der Waals surface area contributed by atoms with Crippen LogP contribution >= 0.6 is 0 Å². The SMILES string of the molecule is Cc1c(-c2cc(-c3cn(-c4ccccc4)nc3-c3ccccc3)nc3nc4ccccc4n23)cnn1-c1ccccc1. The van der Waals surface area contributed by atoms with Gasteiger partial charge in [0.25, 0.3) is 0 Å². The van der Waals surface area contributed by atoms with Crippen molar-refractivity contribution in [1.29, 1.82) is 0 Å². The van der Waals surface area contributed by atoms with Gasteiger partial charge < -0.3 is 0 Å². The first-order valence-electron chi connectivity index (χ1n) is 13.8. The molecule has 4 heterocycles. The highest BCUT2D eigenvalue weighted by Crippen LogP contribution is 2.36. The number of hydrogen-bond acceptors (Lipinski definition) is 4. The van der Waals surface area contributed by atoms with E-state index >= 15 is 0 Å². The lowest BCUT2D eigenvalue weighted by molar-refractivity contribution is 0.847. The number of hydrogen-bond donors (Lipinski definition) is 0. The predicted molar refractivity (Wildman–Crippen MR) is 166 cm³/mol. The van der Waals surface area contributed by atoms with Crippen LogP contribution in [-0.4, -0.2) is 33.9 Å². The number of imidazole rings is 1. The van der Waals surface area contributed by atoms with E-state index in [9.17, 15) is 0 Å². The summed E-state index contributed by atoms with van der Waals surface area (Å²) in [4.78, 5) is 10.1. The summed E-state index contributed by atoms with van der Waals surface area (Å²) >= 11 is 0. The summed E-state index contributed by atoms with van der Waals surface area (Å²) in [5, 5.41) is 9.84. The van der Waals surface area contributed by atoms with Crippen LogP contribution < -0.4 is 0 Å². The van der Waals surface area contributed by atoms with Gasteiger partial charge in [0.2, 0.25) is 5.78 Å². The van der Waals surface area contributed by atoms with Crippen LogP contribution in [0.2, 0.25) is 0 Å². The van der Waals surface area contributed by atoms with E-state index < -0.39 is 0 Å².